The van der Waals surface area contributed by atoms with Crippen molar-refractivity contribution in [2.24, 2.45) is 5.73 Å². The maximum atomic E-state index is 5.71. The highest BCUT2D eigenvalue weighted by Gasteiger charge is 2.17. The average Bonchev–Trinajstić information content (AvgIpc) is 3.14. The molecular formula is C16H19BrN6S. The van der Waals surface area contributed by atoms with E-state index in [2.05, 4.69) is 54.5 Å². The quantitative estimate of drug-likeness (QED) is 0.627. The van der Waals surface area contributed by atoms with Crippen LogP contribution in [0.4, 0.5) is 5.95 Å². The summed E-state index contributed by atoms with van der Waals surface area (Å²) in [5.74, 6) is 0.794. The van der Waals surface area contributed by atoms with Crippen molar-refractivity contribution in [1.29, 1.82) is 0 Å². The number of aromatic nitrogens is 4. The van der Waals surface area contributed by atoms with Crippen LogP contribution in [0, 0.1) is 6.92 Å². The molecule has 8 heteroatoms. The maximum absolute atomic E-state index is 5.71. The van der Waals surface area contributed by atoms with Crippen LogP contribution < -0.4 is 10.6 Å². The molecule has 0 saturated carbocycles. The smallest absolute Gasteiger partial charge is 0.205 e. The van der Waals surface area contributed by atoms with E-state index in [1.54, 1.807) is 17.5 Å². The molecule has 0 bridgehead atoms. The van der Waals surface area contributed by atoms with Crippen LogP contribution in [0.1, 0.15) is 21.7 Å². The lowest BCUT2D eigenvalue weighted by Gasteiger charge is -2.21. The Bertz CT molecular complexity index is 822. The van der Waals surface area contributed by atoms with Gasteiger partial charge in [0.05, 0.1) is 18.3 Å². The molecule has 0 spiro atoms. The Morgan fingerprint density at radius 2 is 2.33 bits per heavy atom. The second kappa shape index (κ2) is 7.42. The second-order valence-electron chi connectivity index (χ2n) is 5.43. The predicted molar refractivity (Wildman–Crippen MR) is 103 cm³/mol. The van der Waals surface area contributed by atoms with Crippen LogP contribution in [0.3, 0.4) is 0 Å². The molecule has 0 aliphatic rings. The lowest BCUT2D eigenvalue weighted by molar-refractivity contribution is 0.723. The number of nitrogens with one attached hydrogen (secondary N) is 1. The number of aromatic amines is 1. The van der Waals surface area contributed by atoms with Crippen molar-refractivity contribution in [2.75, 3.05) is 18.0 Å². The van der Waals surface area contributed by atoms with Crippen LogP contribution in [0.15, 0.2) is 23.3 Å². The van der Waals surface area contributed by atoms with Gasteiger partial charge in [-0.2, -0.15) is 10.1 Å². The van der Waals surface area contributed by atoms with Crippen molar-refractivity contribution in [3.63, 3.8) is 0 Å². The van der Waals surface area contributed by atoms with E-state index in [1.807, 2.05) is 12.1 Å². The van der Waals surface area contributed by atoms with Crippen LogP contribution in [-0.2, 0) is 6.54 Å². The fraction of sp³-hybridized carbons (Fsp3) is 0.312. The van der Waals surface area contributed by atoms with Crippen molar-refractivity contribution in [3.05, 3.63) is 38.6 Å². The molecule has 0 fully saturated rings. The SMILES string of the molecule is C=Cc1sc(CN(CCCN)c2nc3nnccc3[nH]2)c(C)c1Br. The first-order valence-corrected chi connectivity index (χ1v) is 9.27. The summed E-state index contributed by atoms with van der Waals surface area (Å²) in [6.45, 7) is 8.22. The number of halogens is 1. The van der Waals surface area contributed by atoms with Gasteiger partial charge in [0.1, 0.15) is 0 Å². The van der Waals surface area contributed by atoms with Gasteiger partial charge in [0, 0.05) is 20.8 Å². The first-order valence-electron chi connectivity index (χ1n) is 7.66. The fourth-order valence-corrected chi connectivity index (χ4v) is 4.30. The monoisotopic (exact) mass is 406 g/mol. The molecule has 3 aromatic rings. The summed E-state index contributed by atoms with van der Waals surface area (Å²) in [5.41, 5.74) is 8.45. The first kappa shape index (κ1) is 17.1. The third-order valence-corrected chi connectivity index (χ3v) is 6.36. The highest BCUT2D eigenvalue weighted by molar-refractivity contribution is 9.10. The molecule has 0 atom stereocenters. The minimum Gasteiger partial charge on any atom is -0.337 e. The molecule has 3 heterocycles. The minimum absolute atomic E-state index is 0.626. The third kappa shape index (κ3) is 3.35. The van der Waals surface area contributed by atoms with Crippen LogP contribution in [0.2, 0.25) is 0 Å². The number of thiophene rings is 1. The van der Waals surface area contributed by atoms with E-state index in [9.17, 15) is 0 Å². The van der Waals surface area contributed by atoms with Gasteiger partial charge in [0.15, 0.2) is 0 Å². The van der Waals surface area contributed by atoms with Crippen LogP contribution in [-0.4, -0.2) is 33.3 Å². The molecule has 0 radical (unpaired) electrons. The summed E-state index contributed by atoms with van der Waals surface area (Å²) in [6, 6.07) is 1.88. The lowest BCUT2D eigenvalue weighted by atomic mass is 10.2. The van der Waals surface area contributed by atoms with Gasteiger partial charge in [0.2, 0.25) is 11.6 Å². The zero-order valence-corrected chi connectivity index (χ0v) is 15.8. The number of nitrogens with two attached hydrogens (primary N) is 1. The van der Waals surface area contributed by atoms with Crippen molar-refractivity contribution < 1.29 is 0 Å². The molecule has 3 aromatic heterocycles. The summed E-state index contributed by atoms with van der Waals surface area (Å²) in [6.07, 6.45) is 4.43. The summed E-state index contributed by atoms with van der Waals surface area (Å²) < 4.78 is 1.12. The number of H-pyrrole nitrogens is 1. The summed E-state index contributed by atoms with van der Waals surface area (Å²) in [7, 11) is 0. The minimum atomic E-state index is 0.626. The average molecular weight is 407 g/mol. The molecule has 6 nitrogen and oxygen atoms in total. The third-order valence-electron chi connectivity index (χ3n) is 3.81. The van der Waals surface area contributed by atoms with Crippen molar-refractivity contribution in [3.8, 4) is 0 Å². The van der Waals surface area contributed by atoms with Crippen molar-refractivity contribution in [1.82, 2.24) is 20.2 Å². The van der Waals surface area contributed by atoms with E-state index in [1.165, 1.54) is 10.4 Å². The first-order chi connectivity index (χ1) is 11.6. The predicted octanol–water partition coefficient (Wildman–Crippen LogP) is 3.48. The largest absolute Gasteiger partial charge is 0.337 e. The molecule has 0 saturated heterocycles. The van der Waals surface area contributed by atoms with Crippen molar-refractivity contribution >= 4 is 50.5 Å². The summed E-state index contributed by atoms with van der Waals surface area (Å²) in [5, 5.41) is 7.94. The van der Waals surface area contributed by atoms with Crippen LogP contribution >= 0.6 is 27.3 Å². The second-order valence-corrected chi connectivity index (χ2v) is 7.36. The summed E-state index contributed by atoms with van der Waals surface area (Å²) in [4.78, 5) is 12.5. The van der Waals surface area contributed by atoms with Gasteiger partial charge < -0.3 is 15.6 Å². The zero-order chi connectivity index (χ0) is 17.1. The zero-order valence-electron chi connectivity index (χ0n) is 13.4. The van der Waals surface area contributed by atoms with Gasteiger partial charge in [-0.1, -0.05) is 12.7 Å². The van der Waals surface area contributed by atoms with Gasteiger partial charge in [-0.15, -0.1) is 16.4 Å². The Labute approximate surface area is 152 Å². The summed E-state index contributed by atoms with van der Waals surface area (Å²) >= 11 is 5.39. The molecular weight excluding hydrogens is 388 g/mol. The van der Waals surface area contributed by atoms with Gasteiger partial charge >= 0.3 is 0 Å². The van der Waals surface area contributed by atoms with E-state index < -0.39 is 0 Å². The van der Waals surface area contributed by atoms with Crippen LogP contribution in [0.5, 0.6) is 0 Å². The molecule has 0 aromatic carbocycles. The molecule has 3 N–H and O–H groups in total. The van der Waals surface area contributed by atoms with Gasteiger partial charge in [-0.05, 0) is 47.4 Å². The Morgan fingerprint density at radius 3 is 3.00 bits per heavy atom. The fourth-order valence-electron chi connectivity index (χ4n) is 2.46. The normalized spacial score (nSPS) is 11.1. The standard InChI is InChI=1S/C16H19BrN6S/c1-3-12-14(17)10(2)13(24-12)9-23(8-4-6-18)16-20-11-5-7-19-22-15(11)21-16/h3,5,7H,1,4,6,8-9,18H2,2H3,(H,20,21,22). The number of nitrogens with zero attached hydrogens (tertiary/aromatic N) is 4. The highest BCUT2D eigenvalue weighted by Crippen LogP contribution is 2.34. The van der Waals surface area contributed by atoms with E-state index in [4.69, 9.17) is 5.73 Å². The Morgan fingerprint density at radius 1 is 1.50 bits per heavy atom. The molecule has 0 aliphatic heterocycles. The van der Waals surface area contributed by atoms with E-state index in [-0.39, 0.29) is 0 Å². The van der Waals surface area contributed by atoms with Crippen LogP contribution in [0.25, 0.3) is 17.2 Å². The van der Waals surface area contributed by atoms with Gasteiger partial charge in [-0.3, -0.25) is 0 Å². The van der Waals surface area contributed by atoms with E-state index in [0.717, 1.165) is 40.3 Å². The van der Waals surface area contributed by atoms with E-state index in [0.29, 0.717) is 12.2 Å². The lowest BCUT2D eigenvalue weighted by Crippen LogP contribution is -2.26. The maximum Gasteiger partial charge on any atom is 0.205 e. The number of anilines is 1. The molecule has 0 amide bonds. The van der Waals surface area contributed by atoms with E-state index >= 15 is 0 Å². The Hall–Kier alpha value is -1.77. The highest BCUT2D eigenvalue weighted by atomic mass is 79.9. The number of rotatable bonds is 7. The number of hydrogen-bond acceptors (Lipinski definition) is 6. The van der Waals surface area contributed by atoms with Gasteiger partial charge in [0.25, 0.3) is 0 Å². The number of fused-ring (bicyclic) bond motifs is 1. The molecule has 0 unspecified atom stereocenters. The Balaban J connectivity index is 1.93. The Kier molecular flexibility index (Phi) is 5.27. The van der Waals surface area contributed by atoms with Crippen molar-refractivity contribution in [2.45, 2.75) is 19.9 Å². The molecule has 3 rings (SSSR count). The molecule has 0 aliphatic carbocycles. The number of hydrogen-bond donors (Lipinski definition) is 2. The molecule has 24 heavy (non-hydrogen) atoms. The topological polar surface area (TPSA) is 83.7 Å². The van der Waals surface area contributed by atoms with Gasteiger partial charge in [-0.25, -0.2) is 0 Å². The molecule has 126 valence electrons. The number of imidazole rings is 1.